The molecular formula is C36H32FeP2. The Hall–Kier alpha value is -1.74. The van der Waals surface area contributed by atoms with E-state index in [1.165, 1.54) is 38.5 Å². The molecule has 10 fully saturated rings. The van der Waals surface area contributed by atoms with Crippen molar-refractivity contribution in [1.29, 1.82) is 0 Å². The molecule has 14 rings (SSSR count). The molecule has 39 heavy (non-hydrogen) atoms. The predicted octanol–water partition coefficient (Wildman–Crippen LogP) is 8.31. The topological polar surface area (TPSA) is 0 Å². The Kier molecular flexibility index (Phi) is 1.55. The van der Waals surface area contributed by atoms with Gasteiger partial charge in [0, 0.05) is 0 Å². The fraction of sp³-hybridized carbons (Fsp3) is 0.333. The van der Waals surface area contributed by atoms with E-state index in [1.54, 1.807) is 21.2 Å². The third-order valence-corrected chi connectivity index (χ3v) is 73.6. The first-order valence-corrected chi connectivity index (χ1v) is 24.0. The maximum absolute atomic E-state index is 3.79. The molecule has 3 heteroatoms. The molecule has 10 aliphatic heterocycles. The van der Waals surface area contributed by atoms with Crippen molar-refractivity contribution >= 4 is 37.1 Å². The summed E-state index contributed by atoms with van der Waals surface area (Å²) in [6.07, 6.45) is 0. The van der Waals surface area contributed by atoms with Gasteiger partial charge in [-0.05, 0) is 0 Å². The third-order valence-electron chi connectivity index (χ3n) is 20.3. The van der Waals surface area contributed by atoms with Crippen molar-refractivity contribution in [3.63, 3.8) is 0 Å². The monoisotopic (exact) mass is 582 g/mol. The van der Waals surface area contributed by atoms with Gasteiger partial charge in [0.05, 0.1) is 0 Å². The number of benzene rings is 4. The zero-order valence-corrected chi connectivity index (χ0v) is 24.9. The van der Waals surface area contributed by atoms with Gasteiger partial charge in [0.2, 0.25) is 0 Å². The van der Waals surface area contributed by atoms with E-state index in [-0.39, 0.29) is 15.8 Å². The molecule has 10 aliphatic rings. The van der Waals surface area contributed by atoms with Gasteiger partial charge in [-0.2, -0.15) is 0 Å². The van der Waals surface area contributed by atoms with Crippen LogP contribution in [0.3, 0.4) is 0 Å². The van der Waals surface area contributed by atoms with Crippen molar-refractivity contribution in [3.8, 4) is 0 Å². The van der Waals surface area contributed by atoms with Crippen molar-refractivity contribution in [2.24, 2.45) is 0 Å². The molecular weight excluding hydrogens is 550 g/mol. The van der Waals surface area contributed by atoms with E-state index in [2.05, 4.69) is 128 Å². The van der Waals surface area contributed by atoms with Crippen LogP contribution in [-0.2, 0) is 6.51 Å². The van der Waals surface area contributed by atoms with Crippen LogP contribution in [0.1, 0.15) is 6.92 Å². The summed E-state index contributed by atoms with van der Waals surface area (Å²) < 4.78 is 1.52. The molecule has 194 valence electrons. The second kappa shape index (κ2) is 3.12. The fourth-order valence-electron chi connectivity index (χ4n) is 22.1. The van der Waals surface area contributed by atoms with Crippen molar-refractivity contribution in [2.75, 3.05) is 0 Å². The average molecular weight is 582 g/mol. The van der Waals surface area contributed by atoms with Crippen LogP contribution in [-0.4, -0.2) is 9.71 Å². The molecule has 0 radical (unpaired) electrons. The Morgan fingerprint density at radius 3 is 1.26 bits per heavy atom. The van der Waals surface area contributed by atoms with Crippen molar-refractivity contribution < 1.29 is 6.51 Å². The molecule has 10 saturated heterocycles. The SMILES string of the molecule is CC(P(c1ccccc1)c1ccccc1)[C@]12[CH]3[CH]4[CH]5[C]1(P(c1ccccc1)c1ccccc1)[Fe]45321678[CH]2[CH]1[CH]6[CH]7[CH]28. The van der Waals surface area contributed by atoms with Crippen LogP contribution in [0.5, 0.6) is 0 Å². The Labute approximate surface area is 223 Å². The Balaban J connectivity index is 1.10. The Morgan fingerprint density at radius 1 is 0.513 bits per heavy atom. The average Bonchev–Trinajstić information content (AvgIpc) is 3.95. The standard InChI is InChI=1S/C31H27P2.C5H5.Fe/c1-25(32(26-15-6-2-7-16-26)27-17-8-3-9-18-27)30-23-14-24-31(30)33(28-19-10-4-11-20-28)29-21-12-5-13-22-29;1-2-4-5-3-1;/h2-25H,1H3;1-5H;. The molecule has 0 N–H and O–H groups in total. The van der Waals surface area contributed by atoms with Crippen LogP contribution in [0.2, 0.25) is 42.8 Å². The first kappa shape index (κ1) is 19.4. The molecule has 0 aromatic heterocycles. The van der Waals surface area contributed by atoms with Gasteiger partial charge in [-0.1, -0.05) is 0 Å². The Morgan fingerprint density at radius 2 is 0.897 bits per heavy atom. The van der Waals surface area contributed by atoms with Gasteiger partial charge in [0.15, 0.2) is 0 Å². The minimum atomic E-state index is -3.79. The molecule has 4 aromatic carbocycles. The third kappa shape index (κ3) is 0.509. The first-order chi connectivity index (χ1) is 19.0. The predicted molar refractivity (Wildman–Crippen MR) is 163 cm³/mol. The molecule has 1 spiro atoms. The quantitative estimate of drug-likeness (QED) is 0.152. The van der Waals surface area contributed by atoms with E-state index in [0.717, 1.165) is 14.0 Å². The van der Waals surface area contributed by atoms with Crippen LogP contribution in [0.25, 0.3) is 0 Å². The van der Waals surface area contributed by atoms with Gasteiger partial charge in [-0.3, -0.25) is 0 Å². The summed E-state index contributed by atoms with van der Waals surface area (Å²) in [6.45, 7) is -0.957. The zero-order valence-electron chi connectivity index (χ0n) is 22.0. The molecule has 0 amide bonds. The van der Waals surface area contributed by atoms with Gasteiger partial charge in [0.25, 0.3) is 0 Å². The number of hydrogen-bond donors (Lipinski definition) is 0. The van der Waals surface area contributed by atoms with E-state index in [4.69, 9.17) is 0 Å². The van der Waals surface area contributed by atoms with E-state index >= 15 is 0 Å². The first-order valence-electron chi connectivity index (χ1n) is 15.0. The van der Waals surface area contributed by atoms with Crippen LogP contribution in [0.4, 0.5) is 0 Å². The molecule has 6 atom stereocenters. The maximum atomic E-state index is 2.83. The number of hydrogen-bond acceptors (Lipinski definition) is 0. The summed E-state index contributed by atoms with van der Waals surface area (Å²) in [7, 11) is -0.669. The van der Waals surface area contributed by atoms with Crippen LogP contribution < -0.4 is 21.2 Å². The number of fused-ring (bicyclic) bond motifs is 10. The summed E-state index contributed by atoms with van der Waals surface area (Å²) in [4.78, 5) is 10.3. The minimum absolute atomic E-state index is 0.302. The molecule has 0 saturated carbocycles. The molecule has 10 heterocycles. The summed E-state index contributed by atoms with van der Waals surface area (Å²) in [5, 5.41) is 6.73. The fourth-order valence-corrected chi connectivity index (χ4v) is 119. The Bertz CT molecular complexity index is 2090. The second-order valence-corrected chi connectivity index (χ2v) is 45.1. The van der Waals surface area contributed by atoms with Gasteiger partial charge in [-0.25, -0.2) is 0 Å². The van der Waals surface area contributed by atoms with Gasteiger partial charge in [0.1, 0.15) is 0 Å². The van der Waals surface area contributed by atoms with Gasteiger partial charge < -0.3 is 0 Å². The number of rotatable bonds is 7. The molecule has 5 unspecified atom stereocenters. The van der Waals surface area contributed by atoms with E-state index in [9.17, 15) is 0 Å². The van der Waals surface area contributed by atoms with Gasteiger partial charge >= 0.3 is 224 Å². The van der Waals surface area contributed by atoms with Crippen molar-refractivity contribution in [3.05, 3.63) is 121 Å². The molecule has 0 bridgehead atoms. The summed E-state index contributed by atoms with van der Waals surface area (Å²) >= 11 is 0. The van der Waals surface area contributed by atoms with Crippen molar-refractivity contribution in [1.82, 2.24) is 0 Å². The summed E-state index contributed by atoms with van der Waals surface area (Å²) in [5.41, 5.74) is 0.832. The van der Waals surface area contributed by atoms with Crippen LogP contribution in [0.15, 0.2) is 121 Å². The van der Waals surface area contributed by atoms with E-state index < -0.39 is 6.51 Å². The van der Waals surface area contributed by atoms with Gasteiger partial charge in [-0.15, -0.1) is 0 Å². The van der Waals surface area contributed by atoms with Crippen molar-refractivity contribution in [2.45, 2.75) is 59.5 Å². The van der Waals surface area contributed by atoms with Crippen LogP contribution >= 0.6 is 15.8 Å². The molecule has 0 aliphatic carbocycles. The van der Waals surface area contributed by atoms with E-state index in [0.29, 0.717) is 0 Å². The second-order valence-electron chi connectivity index (χ2n) is 16.5. The summed E-state index contributed by atoms with van der Waals surface area (Å²) in [5.74, 6) is 0. The van der Waals surface area contributed by atoms with Crippen LogP contribution in [0, 0.1) is 0 Å². The summed E-state index contributed by atoms with van der Waals surface area (Å²) in [6, 6.07) is 47.8. The normalized spacial score (nSPS) is 61.3. The van der Waals surface area contributed by atoms with E-state index in [1.807, 2.05) is 0 Å². The molecule has 4 aromatic rings. The zero-order chi connectivity index (χ0) is 25.1. The molecule has 0 nitrogen and oxygen atoms in total.